The molecule has 13 nitrogen and oxygen atoms in total. The number of nitrogen functional groups attached to an aromatic ring is 1. The Labute approximate surface area is 302 Å². The van der Waals surface area contributed by atoms with Crippen LogP contribution in [0.4, 0.5) is 15.9 Å². The number of aromatic nitrogens is 4. The molecule has 1 spiro atoms. The van der Waals surface area contributed by atoms with Crippen LogP contribution >= 0.6 is 0 Å². The molecule has 0 saturated carbocycles. The lowest BCUT2D eigenvalue weighted by atomic mass is 9.72. The van der Waals surface area contributed by atoms with E-state index in [1.807, 2.05) is 24.0 Å². The van der Waals surface area contributed by atoms with Crippen LogP contribution in [-0.2, 0) is 42.9 Å². The number of halogens is 1. The third-order valence-electron chi connectivity index (χ3n) is 11.6. The highest BCUT2D eigenvalue weighted by Crippen LogP contribution is 2.49. The van der Waals surface area contributed by atoms with Crippen LogP contribution in [0.1, 0.15) is 83.2 Å². The second kappa shape index (κ2) is 12.6. The number of ether oxygens (including phenoxy) is 2. The van der Waals surface area contributed by atoms with Crippen molar-refractivity contribution in [2.75, 3.05) is 44.4 Å². The molecule has 270 valence electrons. The van der Waals surface area contributed by atoms with Crippen molar-refractivity contribution >= 4 is 17.4 Å². The maximum Gasteiger partial charge on any atom is 0.323 e. The van der Waals surface area contributed by atoms with Gasteiger partial charge >= 0.3 is 6.01 Å². The van der Waals surface area contributed by atoms with Gasteiger partial charge in [0.1, 0.15) is 23.7 Å². The van der Waals surface area contributed by atoms with Crippen LogP contribution < -0.4 is 15.4 Å². The zero-order valence-electron chi connectivity index (χ0n) is 29.9. The van der Waals surface area contributed by atoms with E-state index in [1.54, 1.807) is 37.2 Å². The monoisotopic (exact) mass is 706 g/mol. The van der Waals surface area contributed by atoms with Crippen molar-refractivity contribution in [3.05, 3.63) is 69.9 Å². The summed E-state index contributed by atoms with van der Waals surface area (Å²) < 4.78 is 29.3. The third kappa shape index (κ3) is 5.65. The molecule has 1 amide bonds. The van der Waals surface area contributed by atoms with Crippen molar-refractivity contribution in [3.8, 4) is 18.1 Å². The van der Waals surface area contributed by atoms with Crippen molar-refractivity contribution in [2.24, 2.45) is 5.41 Å². The van der Waals surface area contributed by atoms with Gasteiger partial charge in [0.2, 0.25) is 0 Å². The Morgan fingerprint density at radius 3 is 2.85 bits per heavy atom. The van der Waals surface area contributed by atoms with E-state index in [-0.39, 0.29) is 30.6 Å². The number of nitrogens with two attached hydrogens (primary N) is 1. The van der Waals surface area contributed by atoms with E-state index >= 15 is 0 Å². The van der Waals surface area contributed by atoms with Crippen LogP contribution in [0.3, 0.4) is 0 Å². The third-order valence-corrected chi connectivity index (χ3v) is 11.6. The van der Waals surface area contributed by atoms with Crippen molar-refractivity contribution in [3.63, 3.8) is 0 Å². The van der Waals surface area contributed by atoms with Crippen molar-refractivity contribution in [2.45, 2.75) is 88.9 Å². The Kier molecular flexibility index (Phi) is 8.23. The second-order valence-electron chi connectivity index (χ2n) is 15.5. The molecule has 2 saturated heterocycles. The Hall–Kier alpha value is -5.05. The molecule has 2 N–H and O–H groups in total. The molecule has 6 heterocycles. The summed E-state index contributed by atoms with van der Waals surface area (Å²) in [5.41, 5.74) is 9.55. The van der Waals surface area contributed by atoms with Gasteiger partial charge in [-0.05, 0) is 69.3 Å². The predicted octanol–water partition coefficient (Wildman–Crippen LogP) is 4.15. The molecule has 4 atom stereocenters. The molecule has 4 aliphatic heterocycles. The maximum absolute atomic E-state index is 14.5. The zero-order chi connectivity index (χ0) is 36.4. The summed E-state index contributed by atoms with van der Waals surface area (Å²) in [6.45, 7) is 4.26. The lowest BCUT2D eigenvalue weighted by molar-refractivity contribution is -0.0856. The van der Waals surface area contributed by atoms with Gasteiger partial charge in [-0.2, -0.15) is 25.6 Å². The molecule has 1 aliphatic carbocycles. The van der Waals surface area contributed by atoms with Gasteiger partial charge < -0.3 is 25.0 Å². The average molecular weight is 707 g/mol. The van der Waals surface area contributed by atoms with Crippen LogP contribution in [0.2, 0.25) is 0 Å². The SMILES string of the molecule is CN(C)C(=O)c1cc2n(n1)C[C@@](C)(C#N)CN(c1nc(O/C=C/[C@]34CCCN3C[C@H](F)C4)nc3c1CO[C@@]1(CCCc4ccc(N)c(C#N)c41)C3)C2. The largest absolute Gasteiger partial charge is 0.432 e. The smallest absolute Gasteiger partial charge is 0.323 e. The number of hydrogen-bond donors (Lipinski definition) is 1. The van der Waals surface area contributed by atoms with Gasteiger partial charge in [0.25, 0.3) is 5.91 Å². The van der Waals surface area contributed by atoms with Gasteiger partial charge in [-0.3, -0.25) is 14.4 Å². The molecular weight excluding hydrogens is 663 g/mol. The highest BCUT2D eigenvalue weighted by molar-refractivity contribution is 5.92. The number of alkyl halides is 1. The molecule has 8 rings (SSSR count). The predicted molar refractivity (Wildman–Crippen MR) is 189 cm³/mol. The van der Waals surface area contributed by atoms with Gasteiger partial charge in [-0.25, -0.2) is 4.39 Å². The Morgan fingerprint density at radius 2 is 2.06 bits per heavy atom. The van der Waals surface area contributed by atoms with Crippen LogP contribution in [0.25, 0.3) is 0 Å². The van der Waals surface area contributed by atoms with E-state index in [0.717, 1.165) is 60.3 Å². The molecule has 3 aromatic rings. The Balaban J connectivity index is 1.22. The molecule has 2 aromatic heterocycles. The van der Waals surface area contributed by atoms with Crippen LogP contribution in [0.15, 0.2) is 30.5 Å². The fourth-order valence-electron chi connectivity index (χ4n) is 9.11. The lowest BCUT2D eigenvalue weighted by Gasteiger charge is -2.43. The molecule has 1 aromatic carbocycles. The number of nitrogens with zero attached hydrogens (tertiary/aromatic N) is 9. The second-order valence-corrected chi connectivity index (χ2v) is 15.5. The maximum atomic E-state index is 14.5. The number of fused-ring (bicyclic) bond motifs is 5. The average Bonchev–Trinajstić information content (AvgIpc) is 3.76. The fraction of sp³-hybridized carbons (Fsp3) is 0.526. The number of carbonyl (C=O) groups excluding carboxylic acids is 1. The number of rotatable bonds is 5. The number of nitriles is 2. The van der Waals surface area contributed by atoms with Crippen LogP contribution in [-0.4, -0.2) is 80.9 Å². The van der Waals surface area contributed by atoms with Gasteiger partial charge in [-0.15, -0.1) is 0 Å². The minimum absolute atomic E-state index is 0.127. The molecule has 14 heteroatoms. The number of aryl methyl sites for hydroxylation is 1. The molecule has 0 radical (unpaired) electrons. The minimum Gasteiger partial charge on any atom is -0.432 e. The first-order chi connectivity index (χ1) is 25.0. The summed E-state index contributed by atoms with van der Waals surface area (Å²) in [5, 5.41) is 25.3. The molecule has 52 heavy (non-hydrogen) atoms. The minimum atomic E-state index is -0.886. The van der Waals surface area contributed by atoms with Crippen LogP contribution in [0.5, 0.6) is 6.01 Å². The van der Waals surface area contributed by atoms with Crippen LogP contribution in [0, 0.1) is 28.1 Å². The lowest BCUT2D eigenvalue weighted by Crippen LogP contribution is -2.42. The van der Waals surface area contributed by atoms with Crippen molar-refractivity contribution in [1.29, 1.82) is 10.5 Å². The first-order valence-electron chi connectivity index (χ1n) is 18.0. The highest BCUT2D eigenvalue weighted by Gasteiger charge is 2.48. The van der Waals surface area contributed by atoms with Crippen molar-refractivity contribution < 1.29 is 18.7 Å². The van der Waals surface area contributed by atoms with E-state index in [9.17, 15) is 19.7 Å². The summed E-state index contributed by atoms with van der Waals surface area (Å²) in [4.78, 5) is 28.6. The summed E-state index contributed by atoms with van der Waals surface area (Å²) in [7, 11) is 3.36. The van der Waals surface area contributed by atoms with Gasteiger partial charge in [-0.1, -0.05) is 6.07 Å². The summed E-state index contributed by atoms with van der Waals surface area (Å²) in [6, 6.07) is 10.5. The van der Waals surface area contributed by atoms with E-state index in [2.05, 4.69) is 22.1 Å². The number of amides is 1. The molecule has 5 aliphatic rings. The molecular formula is C38H43FN10O3. The van der Waals surface area contributed by atoms with Gasteiger partial charge in [0.05, 0.1) is 54.4 Å². The standard InChI is InChI=1S/C38H43FN10O3/c1-36(21-41)22-47(19-26-14-30(34(50)46(2)3)45-49(26)23-36)33-28-20-52-38(10-4-6-24-7-8-29(42)27(17-40)32(24)38)16-31(28)43-35(44-33)51-13-11-37-9-5-12-48(37)18-25(39)15-37/h7-8,11,13-14,25H,4-6,9-10,12,15-16,18-20,22-23,42H2,1-3H3/b13-11+/t25-,36+,37+,38+/m1/s1. The summed E-state index contributed by atoms with van der Waals surface area (Å²) in [5.74, 6) is 0.340. The number of anilines is 2. The molecule has 0 unspecified atom stereocenters. The van der Waals surface area contributed by atoms with Crippen molar-refractivity contribution in [1.82, 2.24) is 29.5 Å². The van der Waals surface area contributed by atoms with E-state index in [4.69, 9.17) is 25.2 Å². The summed E-state index contributed by atoms with van der Waals surface area (Å²) in [6.07, 6.45) is 7.71. The van der Waals surface area contributed by atoms with Gasteiger partial charge in [0, 0.05) is 62.4 Å². The normalized spacial score (nSPS) is 28.0. The molecule has 2 fully saturated rings. The van der Waals surface area contributed by atoms with E-state index in [0.29, 0.717) is 61.7 Å². The van der Waals surface area contributed by atoms with E-state index < -0.39 is 17.2 Å². The number of hydrogen-bond acceptors (Lipinski definition) is 11. The van der Waals surface area contributed by atoms with Gasteiger partial charge in [0.15, 0.2) is 5.69 Å². The Morgan fingerprint density at radius 1 is 1.21 bits per heavy atom. The first-order valence-corrected chi connectivity index (χ1v) is 18.0. The quantitative estimate of drug-likeness (QED) is 0.300. The molecule has 0 bridgehead atoms. The Bertz CT molecular complexity index is 2070. The topological polar surface area (TPSA) is 162 Å². The fourth-order valence-corrected chi connectivity index (χ4v) is 9.11. The number of benzene rings is 1. The summed E-state index contributed by atoms with van der Waals surface area (Å²) >= 11 is 0. The first kappa shape index (κ1) is 34.1. The van der Waals surface area contributed by atoms with E-state index in [1.165, 1.54) is 4.90 Å². The highest BCUT2D eigenvalue weighted by atomic mass is 19.1. The number of carbonyl (C=O) groups is 1. The zero-order valence-corrected chi connectivity index (χ0v) is 29.9.